The Hall–Kier alpha value is -1.63. The predicted octanol–water partition coefficient (Wildman–Crippen LogP) is 0.768. The second kappa shape index (κ2) is 4.56. The summed E-state index contributed by atoms with van der Waals surface area (Å²) >= 11 is 1.21. The monoisotopic (exact) mass is 215 g/mol. The van der Waals surface area contributed by atoms with Gasteiger partial charge in [-0.3, -0.25) is 4.79 Å². The summed E-state index contributed by atoms with van der Waals surface area (Å²) in [5, 5.41) is 22.0. The highest BCUT2D eigenvalue weighted by Crippen LogP contribution is 2.13. The molecular weight excluding hydrogens is 206 g/mol. The van der Waals surface area contributed by atoms with Gasteiger partial charge in [0.15, 0.2) is 5.13 Å². The molecule has 0 aliphatic rings. The topological polar surface area (TPSA) is 109 Å². The molecule has 1 heterocycles. The number of hydrogen-bond acceptors (Lipinski definition) is 6. The number of rotatable bonds is 4. The average Bonchev–Trinajstić information content (AvgIpc) is 2.53. The van der Waals surface area contributed by atoms with Gasteiger partial charge in [0.2, 0.25) is 0 Å². The lowest BCUT2D eigenvalue weighted by atomic mass is 10.2. The number of nitrogens with two attached hydrogens (primary N) is 1. The molecule has 0 aromatic carbocycles. The lowest BCUT2D eigenvalue weighted by Gasteiger charge is -1.97. The molecule has 0 spiro atoms. The van der Waals surface area contributed by atoms with Crippen LogP contribution >= 0.6 is 11.3 Å². The number of nitrogens with zero attached hydrogens (tertiary/aromatic N) is 2. The number of aromatic nitrogens is 1. The van der Waals surface area contributed by atoms with Crippen LogP contribution in [0.15, 0.2) is 10.5 Å². The molecule has 0 atom stereocenters. The number of aliphatic carboxylic acids is 1. The first-order valence-corrected chi connectivity index (χ1v) is 4.65. The van der Waals surface area contributed by atoms with Crippen molar-refractivity contribution in [1.29, 1.82) is 0 Å². The van der Waals surface area contributed by atoms with E-state index >= 15 is 0 Å². The van der Waals surface area contributed by atoms with E-state index in [0.29, 0.717) is 10.8 Å². The predicted molar refractivity (Wildman–Crippen MR) is 51.7 cm³/mol. The highest BCUT2D eigenvalue weighted by molar-refractivity contribution is 7.13. The number of carboxylic acid groups (broad SMARTS) is 1. The number of hydrogen-bond donors (Lipinski definition) is 3. The van der Waals surface area contributed by atoms with E-state index in [1.165, 1.54) is 11.3 Å². The summed E-state index contributed by atoms with van der Waals surface area (Å²) in [5.41, 5.74) is 6.05. The molecule has 14 heavy (non-hydrogen) atoms. The normalized spacial score (nSPS) is 11.6. The minimum absolute atomic E-state index is 0.100. The SMILES string of the molecule is Nc1nc(C(CCC(=O)O)=NO)cs1. The third-order valence-corrected chi connectivity index (χ3v) is 2.19. The molecule has 4 N–H and O–H groups in total. The molecule has 0 unspecified atom stereocenters. The molecule has 6 nitrogen and oxygen atoms in total. The van der Waals surface area contributed by atoms with Crippen LogP contribution in [0.4, 0.5) is 5.13 Å². The van der Waals surface area contributed by atoms with Gasteiger partial charge in [-0.05, 0) is 0 Å². The Morgan fingerprint density at radius 2 is 2.36 bits per heavy atom. The van der Waals surface area contributed by atoms with E-state index in [1.807, 2.05) is 0 Å². The van der Waals surface area contributed by atoms with Crippen molar-refractivity contribution < 1.29 is 15.1 Å². The van der Waals surface area contributed by atoms with Crippen molar-refractivity contribution in [3.05, 3.63) is 11.1 Å². The Labute approximate surface area is 83.7 Å². The zero-order valence-electron chi connectivity index (χ0n) is 7.17. The Kier molecular flexibility index (Phi) is 3.41. The third-order valence-electron chi connectivity index (χ3n) is 1.51. The summed E-state index contributed by atoms with van der Waals surface area (Å²) in [6.45, 7) is 0. The van der Waals surface area contributed by atoms with Crippen LogP contribution in [0.1, 0.15) is 18.5 Å². The summed E-state index contributed by atoms with van der Waals surface area (Å²) in [5.74, 6) is -0.950. The quantitative estimate of drug-likeness (QED) is 0.390. The van der Waals surface area contributed by atoms with Crippen LogP contribution in [-0.4, -0.2) is 27.0 Å². The summed E-state index contributed by atoms with van der Waals surface area (Å²) in [6, 6.07) is 0. The molecule has 76 valence electrons. The Bertz CT molecular complexity index is 361. The Morgan fingerprint density at radius 3 is 2.79 bits per heavy atom. The van der Waals surface area contributed by atoms with Gasteiger partial charge < -0.3 is 16.0 Å². The maximum absolute atomic E-state index is 10.3. The van der Waals surface area contributed by atoms with E-state index in [0.717, 1.165) is 0 Å². The van der Waals surface area contributed by atoms with E-state index in [-0.39, 0.29) is 18.6 Å². The van der Waals surface area contributed by atoms with Crippen molar-refractivity contribution in [2.45, 2.75) is 12.8 Å². The lowest BCUT2D eigenvalue weighted by molar-refractivity contribution is -0.136. The first-order chi connectivity index (χ1) is 6.63. The van der Waals surface area contributed by atoms with Crippen molar-refractivity contribution in [2.24, 2.45) is 5.16 Å². The van der Waals surface area contributed by atoms with Crippen molar-refractivity contribution in [3.8, 4) is 0 Å². The molecule has 0 aliphatic carbocycles. The first kappa shape index (κ1) is 10.5. The molecule has 0 amide bonds. The molecule has 1 aromatic rings. The van der Waals surface area contributed by atoms with Gasteiger partial charge in [-0.2, -0.15) is 0 Å². The number of carbonyl (C=O) groups is 1. The van der Waals surface area contributed by atoms with Crippen LogP contribution in [0.2, 0.25) is 0 Å². The minimum atomic E-state index is -0.950. The number of thiazole rings is 1. The van der Waals surface area contributed by atoms with Crippen LogP contribution < -0.4 is 5.73 Å². The zero-order valence-corrected chi connectivity index (χ0v) is 7.99. The smallest absolute Gasteiger partial charge is 0.303 e. The van der Waals surface area contributed by atoms with Gasteiger partial charge in [-0.1, -0.05) is 5.16 Å². The van der Waals surface area contributed by atoms with Crippen molar-refractivity contribution in [1.82, 2.24) is 4.98 Å². The van der Waals surface area contributed by atoms with E-state index in [2.05, 4.69) is 10.1 Å². The second-order valence-corrected chi connectivity index (χ2v) is 3.40. The lowest BCUT2D eigenvalue weighted by Crippen LogP contribution is -2.05. The fourth-order valence-corrected chi connectivity index (χ4v) is 1.45. The fourth-order valence-electron chi connectivity index (χ4n) is 0.875. The fraction of sp³-hybridized carbons (Fsp3) is 0.286. The molecule has 1 rings (SSSR count). The molecule has 0 bridgehead atoms. The van der Waals surface area contributed by atoms with Gasteiger partial charge in [0, 0.05) is 11.8 Å². The molecule has 0 radical (unpaired) electrons. The standard InChI is InChI=1S/C7H9N3O3S/c8-7-9-5(3-14-7)4(10-13)1-2-6(11)12/h3,13H,1-2H2,(H2,8,9)(H,11,12). The summed E-state index contributed by atoms with van der Waals surface area (Å²) in [6.07, 6.45) is 0.0336. The summed E-state index contributed by atoms with van der Waals surface area (Å²) < 4.78 is 0. The number of nitrogen functional groups attached to an aromatic ring is 1. The minimum Gasteiger partial charge on any atom is -0.481 e. The van der Waals surface area contributed by atoms with Crippen LogP contribution in [0.3, 0.4) is 0 Å². The van der Waals surface area contributed by atoms with Crippen molar-refractivity contribution >= 4 is 28.1 Å². The molecule has 1 aromatic heterocycles. The largest absolute Gasteiger partial charge is 0.481 e. The van der Waals surface area contributed by atoms with Crippen LogP contribution in [0.5, 0.6) is 0 Å². The highest BCUT2D eigenvalue weighted by Gasteiger charge is 2.10. The van der Waals surface area contributed by atoms with Crippen molar-refractivity contribution in [2.75, 3.05) is 5.73 Å². The Balaban J connectivity index is 2.69. The molecule has 0 aliphatic heterocycles. The molecular formula is C7H9N3O3S. The van der Waals surface area contributed by atoms with Crippen LogP contribution in [0, 0.1) is 0 Å². The van der Waals surface area contributed by atoms with Gasteiger partial charge in [0.25, 0.3) is 0 Å². The molecule has 0 fully saturated rings. The number of oxime groups is 1. The van der Waals surface area contributed by atoms with Gasteiger partial charge in [0.1, 0.15) is 11.4 Å². The average molecular weight is 215 g/mol. The summed E-state index contributed by atoms with van der Waals surface area (Å²) in [7, 11) is 0. The maximum Gasteiger partial charge on any atom is 0.303 e. The highest BCUT2D eigenvalue weighted by atomic mass is 32.1. The van der Waals surface area contributed by atoms with Crippen molar-refractivity contribution in [3.63, 3.8) is 0 Å². The van der Waals surface area contributed by atoms with E-state index in [9.17, 15) is 4.79 Å². The number of carboxylic acids is 1. The van der Waals surface area contributed by atoms with E-state index < -0.39 is 5.97 Å². The van der Waals surface area contributed by atoms with Gasteiger partial charge >= 0.3 is 5.97 Å². The van der Waals surface area contributed by atoms with Gasteiger partial charge in [-0.15, -0.1) is 11.3 Å². The number of anilines is 1. The van der Waals surface area contributed by atoms with Gasteiger partial charge in [-0.25, -0.2) is 4.98 Å². The van der Waals surface area contributed by atoms with E-state index in [4.69, 9.17) is 16.0 Å². The first-order valence-electron chi connectivity index (χ1n) is 3.77. The molecule has 0 saturated heterocycles. The second-order valence-electron chi connectivity index (χ2n) is 2.51. The van der Waals surface area contributed by atoms with Gasteiger partial charge in [0.05, 0.1) is 6.42 Å². The van der Waals surface area contributed by atoms with E-state index in [1.54, 1.807) is 5.38 Å². The van der Waals surface area contributed by atoms with Crippen LogP contribution in [-0.2, 0) is 4.79 Å². The Morgan fingerprint density at radius 1 is 1.64 bits per heavy atom. The zero-order chi connectivity index (χ0) is 10.6. The van der Waals surface area contributed by atoms with Crippen LogP contribution in [0.25, 0.3) is 0 Å². The molecule has 7 heteroatoms. The molecule has 0 saturated carbocycles. The third kappa shape index (κ3) is 2.70. The maximum atomic E-state index is 10.3. The summed E-state index contributed by atoms with van der Waals surface area (Å²) in [4.78, 5) is 14.1.